The van der Waals surface area contributed by atoms with Crippen LogP contribution in [-0.4, -0.2) is 90.7 Å². The largest absolute Gasteiger partial charge is 0.464 e. The van der Waals surface area contributed by atoms with E-state index >= 15 is 0 Å². The maximum Gasteiger partial charge on any atom is 0.328 e. The monoisotopic (exact) mass is 748 g/mol. The highest BCUT2D eigenvalue weighted by molar-refractivity contribution is 7.89. The van der Waals surface area contributed by atoms with Crippen LogP contribution in [0.3, 0.4) is 0 Å². The highest BCUT2D eigenvalue weighted by Gasteiger charge is 2.50. The van der Waals surface area contributed by atoms with Gasteiger partial charge < -0.3 is 15.4 Å². The lowest BCUT2D eigenvalue weighted by Crippen LogP contribution is -2.51. The molecule has 2 unspecified atom stereocenters. The Labute approximate surface area is 297 Å². The normalized spacial score (nSPS) is 19.8. The number of anilines is 1. The number of hydrogen-bond acceptors (Lipinski definition) is 9. The van der Waals surface area contributed by atoms with Crippen LogP contribution in [0.5, 0.6) is 0 Å². The number of rotatable bonds is 11. The molecule has 0 spiro atoms. The molecule has 0 radical (unpaired) electrons. The zero-order chi connectivity index (χ0) is 36.2. The molecule has 2 amide bonds. The van der Waals surface area contributed by atoms with Gasteiger partial charge in [-0.1, -0.05) is 41.4 Å². The Bertz CT molecular complexity index is 1910. The van der Waals surface area contributed by atoms with Gasteiger partial charge in [0.25, 0.3) is 11.8 Å². The van der Waals surface area contributed by atoms with Crippen molar-refractivity contribution < 1.29 is 36.3 Å². The van der Waals surface area contributed by atoms with E-state index in [1.54, 1.807) is 31.2 Å². The van der Waals surface area contributed by atoms with Crippen LogP contribution in [0.2, 0.25) is 10.0 Å². The van der Waals surface area contributed by atoms with E-state index < -0.39 is 64.8 Å². The first kappa shape index (κ1) is 37.1. The highest BCUT2D eigenvalue weighted by atomic mass is 35.5. The standard InChI is InChI=1S/C33H32Cl2F2N6O6S/c1-2-49-32(46)27(13-20-6-8-22(9-7-20)40-31(45)29-25(34)16-39-17-26(29)35)41-30(44)28-14-23(42-11-10-33(36,37)19-42)18-43(28)50(47,48)24-5-3-4-21(12-24)15-38/h3-9,12,16-17,23,27-28H,2,10-11,13-14,18-19H2,1H3,(H,40,45)(H,41,44)/t23?,27-,28?/m0/s1. The fraction of sp³-hybridized carbons (Fsp3) is 0.364. The molecule has 2 aromatic carbocycles. The van der Waals surface area contributed by atoms with Crippen molar-refractivity contribution >= 4 is 56.7 Å². The summed E-state index contributed by atoms with van der Waals surface area (Å²) < 4.78 is 62.2. The van der Waals surface area contributed by atoms with Crippen molar-refractivity contribution in [1.82, 2.24) is 19.5 Å². The number of alkyl halides is 2. The second-order valence-corrected chi connectivity index (χ2v) is 14.5. The number of pyridine rings is 1. The molecule has 3 heterocycles. The van der Waals surface area contributed by atoms with Crippen molar-refractivity contribution in [1.29, 1.82) is 5.26 Å². The predicted octanol–water partition coefficient (Wildman–Crippen LogP) is 4.28. The summed E-state index contributed by atoms with van der Waals surface area (Å²) in [6, 6.07) is 10.2. The third-order valence-electron chi connectivity index (χ3n) is 8.44. The summed E-state index contributed by atoms with van der Waals surface area (Å²) in [7, 11) is -4.39. The van der Waals surface area contributed by atoms with Gasteiger partial charge in [-0.2, -0.15) is 9.57 Å². The van der Waals surface area contributed by atoms with E-state index in [4.69, 9.17) is 27.9 Å². The van der Waals surface area contributed by atoms with Crippen LogP contribution in [0.4, 0.5) is 14.5 Å². The zero-order valence-corrected chi connectivity index (χ0v) is 28.9. The molecule has 0 saturated carbocycles. The van der Waals surface area contributed by atoms with Gasteiger partial charge >= 0.3 is 5.97 Å². The van der Waals surface area contributed by atoms with E-state index in [-0.39, 0.29) is 58.6 Å². The summed E-state index contributed by atoms with van der Waals surface area (Å²) in [6.07, 6.45) is 2.01. The van der Waals surface area contributed by atoms with Gasteiger partial charge in [0.1, 0.15) is 12.1 Å². The molecule has 2 N–H and O–H groups in total. The number of carbonyl (C=O) groups is 3. The molecule has 50 heavy (non-hydrogen) atoms. The molecule has 1 aromatic heterocycles. The Morgan fingerprint density at radius 1 is 1.14 bits per heavy atom. The average Bonchev–Trinajstić information content (AvgIpc) is 3.69. The van der Waals surface area contributed by atoms with Crippen molar-refractivity contribution in [2.45, 2.75) is 55.1 Å². The quantitative estimate of drug-likeness (QED) is 0.273. The van der Waals surface area contributed by atoms with Crippen LogP contribution >= 0.6 is 23.2 Å². The van der Waals surface area contributed by atoms with Gasteiger partial charge in [-0.3, -0.25) is 19.5 Å². The lowest BCUT2D eigenvalue weighted by molar-refractivity contribution is -0.147. The number of halogens is 4. The summed E-state index contributed by atoms with van der Waals surface area (Å²) in [5, 5.41) is 14.8. The number of likely N-dealkylation sites (tertiary alicyclic amines) is 1. The molecule has 2 aliphatic rings. The SMILES string of the molecule is CCOC(=O)[C@H](Cc1ccc(NC(=O)c2c(Cl)cncc2Cl)cc1)NC(=O)C1CC(N2CCC(F)(F)C2)CN1S(=O)(=O)c1cccc(C#N)c1. The lowest BCUT2D eigenvalue weighted by atomic mass is 10.0. The van der Waals surface area contributed by atoms with Gasteiger partial charge in [0, 0.05) is 50.1 Å². The Balaban J connectivity index is 1.36. The molecule has 0 aliphatic carbocycles. The van der Waals surface area contributed by atoms with Gasteiger partial charge in [0.15, 0.2) is 0 Å². The number of esters is 1. The first-order valence-electron chi connectivity index (χ1n) is 15.5. The summed E-state index contributed by atoms with van der Waals surface area (Å²) >= 11 is 12.2. The molecule has 264 valence electrons. The van der Waals surface area contributed by atoms with E-state index in [1.807, 2.05) is 6.07 Å². The van der Waals surface area contributed by atoms with Crippen LogP contribution in [0.25, 0.3) is 0 Å². The first-order chi connectivity index (χ1) is 23.7. The van der Waals surface area contributed by atoms with Crippen LogP contribution in [-0.2, 0) is 30.8 Å². The molecule has 17 heteroatoms. The summed E-state index contributed by atoms with van der Waals surface area (Å²) in [5.41, 5.74) is 1.06. The number of aromatic nitrogens is 1. The average molecular weight is 750 g/mol. The summed E-state index contributed by atoms with van der Waals surface area (Å²) in [6.45, 7) is 0.788. The molecule has 2 aliphatic heterocycles. The Morgan fingerprint density at radius 2 is 1.84 bits per heavy atom. The number of sulfonamides is 1. The maximum absolute atomic E-state index is 14.2. The second kappa shape index (κ2) is 15.4. The van der Waals surface area contributed by atoms with Gasteiger partial charge in [-0.15, -0.1) is 0 Å². The molecule has 3 atom stereocenters. The molecule has 2 fully saturated rings. The summed E-state index contributed by atoms with van der Waals surface area (Å²) in [5.74, 6) is -5.10. The van der Waals surface area contributed by atoms with Crippen molar-refractivity contribution in [3.63, 3.8) is 0 Å². The van der Waals surface area contributed by atoms with Crippen LogP contribution in [0, 0.1) is 11.3 Å². The van der Waals surface area contributed by atoms with Gasteiger partial charge in [-0.25, -0.2) is 22.0 Å². The molecule has 3 aromatic rings. The van der Waals surface area contributed by atoms with Crippen molar-refractivity contribution in [3.8, 4) is 6.07 Å². The third-order valence-corrected chi connectivity index (χ3v) is 10.9. The topological polar surface area (TPSA) is 162 Å². The molecule has 12 nitrogen and oxygen atoms in total. The first-order valence-corrected chi connectivity index (χ1v) is 17.7. The minimum absolute atomic E-state index is 0.000704. The third kappa shape index (κ3) is 8.39. The van der Waals surface area contributed by atoms with Crippen LogP contribution < -0.4 is 10.6 Å². The molecular weight excluding hydrogens is 717 g/mol. The predicted molar refractivity (Wildman–Crippen MR) is 179 cm³/mol. The molecule has 0 bridgehead atoms. The minimum atomic E-state index is -4.39. The van der Waals surface area contributed by atoms with E-state index in [0.29, 0.717) is 11.3 Å². The van der Waals surface area contributed by atoms with E-state index in [2.05, 4.69) is 15.6 Å². The fourth-order valence-electron chi connectivity index (χ4n) is 5.97. The number of carbonyl (C=O) groups excluding carboxylic acids is 3. The van der Waals surface area contributed by atoms with Gasteiger partial charge in [0.2, 0.25) is 15.9 Å². The number of nitriles is 1. The van der Waals surface area contributed by atoms with Crippen molar-refractivity contribution in [2.75, 3.05) is 31.6 Å². The van der Waals surface area contributed by atoms with Crippen LogP contribution in [0.1, 0.15) is 41.3 Å². The fourth-order valence-corrected chi connectivity index (χ4v) is 8.19. The van der Waals surface area contributed by atoms with Crippen molar-refractivity contribution in [3.05, 3.63) is 87.7 Å². The number of nitrogens with one attached hydrogen (secondary N) is 2. The van der Waals surface area contributed by atoms with Gasteiger partial charge in [-0.05, 0) is 49.2 Å². The Hall–Kier alpha value is -4.20. The number of hydrogen-bond donors (Lipinski definition) is 2. The minimum Gasteiger partial charge on any atom is -0.464 e. The Kier molecular flexibility index (Phi) is 11.4. The van der Waals surface area contributed by atoms with E-state index in [1.165, 1.54) is 41.6 Å². The van der Waals surface area contributed by atoms with Crippen LogP contribution in [0.15, 0.2) is 65.8 Å². The lowest BCUT2D eigenvalue weighted by Gasteiger charge is -2.25. The second-order valence-electron chi connectivity index (χ2n) is 11.8. The number of benzene rings is 2. The summed E-state index contributed by atoms with van der Waals surface area (Å²) in [4.78, 5) is 44.8. The number of nitrogens with zero attached hydrogens (tertiary/aromatic N) is 4. The molecular formula is C33H32Cl2F2N6O6S. The Morgan fingerprint density at radius 3 is 2.46 bits per heavy atom. The molecule has 2 saturated heterocycles. The highest BCUT2D eigenvalue weighted by Crippen LogP contribution is 2.35. The number of amides is 2. The van der Waals surface area contributed by atoms with Crippen molar-refractivity contribution in [2.24, 2.45) is 0 Å². The smallest absolute Gasteiger partial charge is 0.328 e. The maximum atomic E-state index is 14.2. The zero-order valence-electron chi connectivity index (χ0n) is 26.6. The molecule has 5 rings (SSSR count). The van der Waals surface area contributed by atoms with E-state index in [9.17, 15) is 36.8 Å². The van der Waals surface area contributed by atoms with E-state index in [0.717, 1.165) is 4.31 Å². The van der Waals surface area contributed by atoms with Gasteiger partial charge in [0.05, 0.1) is 45.3 Å². The number of ether oxygens (including phenoxy) is 1.